The molecule has 0 aromatic heterocycles. The van der Waals surface area contributed by atoms with Crippen molar-refractivity contribution in [2.24, 2.45) is 0 Å². The standard InChI is InChI=1S/C11H12O/c1-10-6-2-3-7-11(10)8-4-5-9-12/h2-3,6-7,12H,5,9H2,1H3. The molecule has 0 amide bonds. The van der Waals surface area contributed by atoms with E-state index in [1.54, 1.807) is 0 Å². The van der Waals surface area contributed by atoms with Gasteiger partial charge in [-0.2, -0.15) is 0 Å². The van der Waals surface area contributed by atoms with E-state index < -0.39 is 0 Å². The van der Waals surface area contributed by atoms with E-state index in [4.69, 9.17) is 5.11 Å². The van der Waals surface area contributed by atoms with Crippen LogP contribution >= 0.6 is 0 Å². The van der Waals surface area contributed by atoms with Crippen LogP contribution in [-0.2, 0) is 0 Å². The Hall–Kier alpha value is -1.26. The Morgan fingerprint density at radius 3 is 2.75 bits per heavy atom. The van der Waals surface area contributed by atoms with Crippen LogP contribution in [0.5, 0.6) is 0 Å². The Balaban J connectivity index is 2.77. The first-order valence-corrected chi connectivity index (χ1v) is 4.00. The average molecular weight is 160 g/mol. The van der Waals surface area contributed by atoms with Crippen molar-refractivity contribution in [2.45, 2.75) is 13.3 Å². The van der Waals surface area contributed by atoms with E-state index in [-0.39, 0.29) is 6.61 Å². The van der Waals surface area contributed by atoms with E-state index in [2.05, 4.69) is 11.8 Å². The largest absolute Gasteiger partial charge is 0.395 e. The lowest BCUT2D eigenvalue weighted by Gasteiger charge is -1.94. The molecule has 1 aromatic carbocycles. The van der Waals surface area contributed by atoms with Gasteiger partial charge in [0.25, 0.3) is 0 Å². The fourth-order valence-electron chi connectivity index (χ4n) is 0.927. The maximum absolute atomic E-state index is 8.51. The Bertz CT molecular complexity index is 304. The molecule has 1 heteroatoms. The molecule has 1 nitrogen and oxygen atoms in total. The van der Waals surface area contributed by atoms with Crippen molar-refractivity contribution < 1.29 is 5.11 Å². The summed E-state index contributed by atoms with van der Waals surface area (Å²) >= 11 is 0. The summed E-state index contributed by atoms with van der Waals surface area (Å²) < 4.78 is 0. The molecule has 1 N–H and O–H groups in total. The lowest BCUT2D eigenvalue weighted by Crippen LogP contribution is -1.81. The van der Waals surface area contributed by atoms with Crippen molar-refractivity contribution in [2.75, 3.05) is 6.61 Å². The first-order chi connectivity index (χ1) is 5.84. The van der Waals surface area contributed by atoms with Crippen molar-refractivity contribution in [3.05, 3.63) is 35.4 Å². The van der Waals surface area contributed by atoms with Gasteiger partial charge in [-0.15, -0.1) is 0 Å². The molecule has 0 radical (unpaired) electrons. The van der Waals surface area contributed by atoms with E-state index in [9.17, 15) is 0 Å². The van der Waals surface area contributed by atoms with Crippen LogP contribution in [0.4, 0.5) is 0 Å². The van der Waals surface area contributed by atoms with Crippen LogP contribution < -0.4 is 0 Å². The minimum Gasteiger partial charge on any atom is -0.395 e. The SMILES string of the molecule is Cc1ccccc1C#CCCO. The van der Waals surface area contributed by atoms with E-state index in [0.717, 1.165) is 5.56 Å². The number of aryl methyl sites for hydroxylation is 1. The second kappa shape index (κ2) is 4.58. The highest BCUT2D eigenvalue weighted by atomic mass is 16.2. The van der Waals surface area contributed by atoms with E-state index in [1.165, 1.54) is 5.56 Å². The predicted octanol–water partition coefficient (Wildman–Crippen LogP) is 1.73. The van der Waals surface area contributed by atoms with Gasteiger partial charge < -0.3 is 5.11 Å². The van der Waals surface area contributed by atoms with Crippen LogP contribution in [0, 0.1) is 18.8 Å². The zero-order valence-corrected chi connectivity index (χ0v) is 7.17. The van der Waals surface area contributed by atoms with Crippen LogP contribution in [0.15, 0.2) is 24.3 Å². The van der Waals surface area contributed by atoms with Gasteiger partial charge in [0.2, 0.25) is 0 Å². The van der Waals surface area contributed by atoms with Gasteiger partial charge in [0.15, 0.2) is 0 Å². The molecule has 0 heterocycles. The molecular formula is C11H12O. The Morgan fingerprint density at radius 2 is 2.08 bits per heavy atom. The number of hydrogen-bond acceptors (Lipinski definition) is 1. The maximum atomic E-state index is 8.51. The van der Waals surface area contributed by atoms with Gasteiger partial charge in [-0.3, -0.25) is 0 Å². The average Bonchev–Trinajstić information content (AvgIpc) is 2.09. The normalized spacial score (nSPS) is 8.83. The maximum Gasteiger partial charge on any atom is 0.0540 e. The van der Waals surface area contributed by atoms with Crippen LogP contribution in [0.3, 0.4) is 0 Å². The second-order valence-corrected chi connectivity index (χ2v) is 2.59. The van der Waals surface area contributed by atoms with Crippen LogP contribution in [0.2, 0.25) is 0 Å². The monoisotopic (exact) mass is 160 g/mol. The fourth-order valence-corrected chi connectivity index (χ4v) is 0.927. The lowest BCUT2D eigenvalue weighted by molar-refractivity contribution is 0.305. The molecule has 0 saturated carbocycles. The molecule has 0 unspecified atom stereocenters. The number of benzene rings is 1. The molecule has 1 rings (SSSR count). The Kier molecular flexibility index (Phi) is 3.37. The topological polar surface area (TPSA) is 20.2 Å². The number of rotatable bonds is 1. The van der Waals surface area contributed by atoms with Gasteiger partial charge in [-0.1, -0.05) is 30.0 Å². The molecule has 0 bridgehead atoms. The summed E-state index contributed by atoms with van der Waals surface area (Å²) in [5.74, 6) is 5.90. The summed E-state index contributed by atoms with van der Waals surface area (Å²) in [6, 6.07) is 7.98. The highest BCUT2D eigenvalue weighted by Crippen LogP contribution is 2.04. The molecule has 0 atom stereocenters. The van der Waals surface area contributed by atoms with Crippen molar-refractivity contribution in [3.63, 3.8) is 0 Å². The molecule has 0 fully saturated rings. The lowest BCUT2D eigenvalue weighted by atomic mass is 10.1. The van der Waals surface area contributed by atoms with Crippen LogP contribution in [0.25, 0.3) is 0 Å². The summed E-state index contributed by atoms with van der Waals surface area (Å²) in [5, 5.41) is 8.51. The summed E-state index contributed by atoms with van der Waals surface area (Å²) in [7, 11) is 0. The third-order valence-electron chi connectivity index (χ3n) is 1.60. The van der Waals surface area contributed by atoms with E-state index in [0.29, 0.717) is 6.42 Å². The molecule has 0 aliphatic rings. The quantitative estimate of drug-likeness (QED) is 0.620. The highest BCUT2D eigenvalue weighted by Gasteiger charge is 1.89. The molecule has 62 valence electrons. The van der Waals surface area contributed by atoms with Crippen LogP contribution in [-0.4, -0.2) is 11.7 Å². The third kappa shape index (κ3) is 2.41. The predicted molar refractivity (Wildman–Crippen MR) is 49.8 cm³/mol. The molecule has 12 heavy (non-hydrogen) atoms. The first kappa shape index (κ1) is 8.83. The van der Waals surface area contributed by atoms with Crippen molar-refractivity contribution >= 4 is 0 Å². The molecule has 1 aromatic rings. The molecule has 0 spiro atoms. The van der Waals surface area contributed by atoms with Crippen molar-refractivity contribution in [3.8, 4) is 11.8 Å². The van der Waals surface area contributed by atoms with Gasteiger partial charge in [0, 0.05) is 12.0 Å². The third-order valence-corrected chi connectivity index (χ3v) is 1.60. The van der Waals surface area contributed by atoms with E-state index >= 15 is 0 Å². The minimum absolute atomic E-state index is 0.138. The van der Waals surface area contributed by atoms with Crippen molar-refractivity contribution in [1.82, 2.24) is 0 Å². The Labute approximate surface area is 73.0 Å². The number of aliphatic hydroxyl groups excluding tert-OH is 1. The van der Waals surface area contributed by atoms with Gasteiger partial charge in [-0.05, 0) is 18.6 Å². The van der Waals surface area contributed by atoms with Crippen molar-refractivity contribution in [1.29, 1.82) is 0 Å². The van der Waals surface area contributed by atoms with Gasteiger partial charge >= 0.3 is 0 Å². The zero-order chi connectivity index (χ0) is 8.81. The summed E-state index contributed by atoms with van der Waals surface area (Å²) in [5.41, 5.74) is 2.23. The second-order valence-electron chi connectivity index (χ2n) is 2.59. The van der Waals surface area contributed by atoms with Gasteiger partial charge in [0.1, 0.15) is 0 Å². The number of hydrogen-bond donors (Lipinski definition) is 1. The fraction of sp³-hybridized carbons (Fsp3) is 0.273. The van der Waals surface area contributed by atoms with Gasteiger partial charge in [0.05, 0.1) is 6.61 Å². The molecular weight excluding hydrogens is 148 g/mol. The van der Waals surface area contributed by atoms with Crippen LogP contribution in [0.1, 0.15) is 17.5 Å². The number of aliphatic hydroxyl groups is 1. The summed E-state index contributed by atoms with van der Waals surface area (Å²) in [6.07, 6.45) is 0.550. The summed E-state index contributed by atoms with van der Waals surface area (Å²) in [4.78, 5) is 0. The molecule has 0 saturated heterocycles. The summed E-state index contributed by atoms with van der Waals surface area (Å²) in [6.45, 7) is 2.17. The van der Waals surface area contributed by atoms with E-state index in [1.807, 2.05) is 31.2 Å². The molecule has 0 aliphatic heterocycles. The minimum atomic E-state index is 0.138. The Morgan fingerprint density at radius 1 is 1.33 bits per heavy atom. The zero-order valence-electron chi connectivity index (χ0n) is 7.17. The van der Waals surface area contributed by atoms with Gasteiger partial charge in [-0.25, -0.2) is 0 Å². The molecule has 0 aliphatic carbocycles. The highest BCUT2D eigenvalue weighted by molar-refractivity contribution is 5.40. The smallest absolute Gasteiger partial charge is 0.0540 e. The first-order valence-electron chi connectivity index (χ1n) is 4.00.